The lowest BCUT2D eigenvalue weighted by Crippen LogP contribution is -2.44. The highest BCUT2D eigenvalue weighted by Crippen LogP contribution is 2.42. The van der Waals surface area contributed by atoms with Gasteiger partial charge in [-0.3, -0.25) is 24.9 Å². The molecule has 0 aliphatic carbocycles. The van der Waals surface area contributed by atoms with Crippen LogP contribution in [0.2, 0.25) is 0 Å². The highest BCUT2D eigenvalue weighted by Gasteiger charge is 2.29. The van der Waals surface area contributed by atoms with Crippen LogP contribution >= 0.6 is 23.1 Å². The molecule has 2 aliphatic rings. The number of piperidine rings is 2. The van der Waals surface area contributed by atoms with E-state index in [0.717, 1.165) is 75.2 Å². The number of nitrogens with one attached hydrogen (secondary N) is 5. The van der Waals surface area contributed by atoms with Crippen LogP contribution in [0.3, 0.4) is 0 Å². The first-order chi connectivity index (χ1) is 28.9. The van der Waals surface area contributed by atoms with Gasteiger partial charge in [0.15, 0.2) is 0 Å². The fraction of sp³-hybridized carbons (Fsp3) is 0.409. The van der Waals surface area contributed by atoms with Crippen molar-refractivity contribution in [1.29, 1.82) is 0 Å². The molecule has 1 unspecified atom stereocenters. The monoisotopic (exact) mass is 896 g/mol. The molecule has 5 N–H and O–H groups in total. The number of methoxy groups -OCH3 is 1. The third-order valence-corrected chi connectivity index (χ3v) is 13.4. The third kappa shape index (κ3) is 10.1. The minimum Gasteiger partial charge on any atom is -0.494 e. The summed E-state index contributed by atoms with van der Waals surface area (Å²) in [4.78, 5) is 44.6. The Labute approximate surface area is 360 Å². The zero-order valence-corrected chi connectivity index (χ0v) is 37.4. The van der Waals surface area contributed by atoms with E-state index in [4.69, 9.17) is 9.72 Å². The van der Waals surface area contributed by atoms with Crippen molar-refractivity contribution >= 4 is 80.1 Å². The van der Waals surface area contributed by atoms with Crippen molar-refractivity contribution in [3.8, 4) is 5.75 Å². The Morgan fingerprint density at radius 2 is 1.75 bits per heavy atom. The van der Waals surface area contributed by atoms with Gasteiger partial charge in [-0.2, -0.15) is 4.98 Å². The molecule has 2 aliphatic heterocycles. The number of halogens is 1. The van der Waals surface area contributed by atoms with Crippen LogP contribution in [0, 0.1) is 6.92 Å². The number of aryl methyl sites for hydroxylation is 2. The van der Waals surface area contributed by atoms with Gasteiger partial charge >= 0.3 is 0 Å². The summed E-state index contributed by atoms with van der Waals surface area (Å²) in [5.74, 6) is 0.963. The van der Waals surface area contributed by atoms with Gasteiger partial charge in [0.1, 0.15) is 24.2 Å². The fourth-order valence-corrected chi connectivity index (χ4v) is 9.89. The standard InChI is InChI=1S/C44H54BrN10O4P/c1-6-29-24-36(52-44-50-26-33(45)42(54-44)51-35-11-10-34-40(49-20-19-48-34)41(35)60(4,5)58)38(59-3)25-37(29)55-21-14-30(15-22-55)47-18-17-46-16-13-28-7-8-31(27(2)23-28)32-9-12-39(56)53-43(32)57/h7-8,10-11,19-20,23-26,30,32,46-47H,6,9,12-18,21-22H2,1-5H3,(H,53,56,57)(H2,50,51,52,54). The van der Waals surface area contributed by atoms with Gasteiger partial charge in [-0.05, 0) is 115 Å². The molecule has 0 spiro atoms. The maximum Gasteiger partial charge on any atom is 0.234 e. The van der Waals surface area contributed by atoms with Gasteiger partial charge < -0.3 is 35.5 Å². The number of anilines is 5. The van der Waals surface area contributed by atoms with E-state index < -0.39 is 7.14 Å². The Hall–Kier alpha value is -4.95. The van der Waals surface area contributed by atoms with Crippen molar-refractivity contribution in [3.63, 3.8) is 0 Å². The molecule has 16 heteroatoms. The lowest BCUT2D eigenvalue weighted by Gasteiger charge is -2.35. The van der Waals surface area contributed by atoms with Gasteiger partial charge in [-0.15, -0.1) is 0 Å². The molecule has 0 bridgehead atoms. The summed E-state index contributed by atoms with van der Waals surface area (Å²) in [7, 11) is -1.09. The number of ether oxygens (including phenoxy) is 1. The Balaban J connectivity index is 0.912. The highest BCUT2D eigenvalue weighted by molar-refractivity contribution is 9.10. The predicted molar refractivity (Wildman–Crippen MR) is 243 cm³/mol. The number of aromatic nitrogens is 4. The Bertz CT molecular complexity index is 2420. The molecule has 7 rings (SSSR count). The third-order valence-electron chi connectivity index (χ3n) is 11.3. The summed E-state index contributed by atoms with van der Waals surface area (Å²) < 4.78 is 20.1. The Morgan fingerprint density at radius 1 is 0.950 bits per heavy atom. The number of carbonyl (C=O) groups excluding carboxylic acids is 2. The predicted octanol–water partition coefficient (Wildman–Crippen LogP) is 6.71. The fourth-order valence-electron chi connectivity index (χ4n) is 8.21. The molecule has 2 amide bonds. The summed E-state index contributed by atoms with van der Waals surface area (Å²) in [5, 5.41) is 17.2. The Morgan fingerprint density at radius 3 is 2.48 bits per heavy atom. The van der Waals surface area contributed by atoms with E-state index in [1.54, 1.807) is 39.0 Å². The van der Waals surface area contributed by atoms with Crippen LogP contribution in [0.15, 0.2) is 65.5 Å². The molecule has 0 radical (unpaired) electrons. The highest BCUT2D eigenvalue weighted by atomic mass is 79.9. The summed E-state index contributed by atoms with van der Waals surface area (Å²) in [5.41, 5.74) is 8.42. The van der Waals surface area contributed by atoms with E-state index in [1.807, 2.05) is 19.1 Å². The zero-order chi connectivity index (χ0) is 42.4. The van der Waals surface area contributed by atoms with Crippen LogP contribution in [0.4, 0.5) is 28.8 Å². The summed E-state index contributed by atoms with van der Waals surface area (Å²) >= 11 is 3.59. The molecule has 4 heterocycles. The lowest BCUT2D eigenvalue weighted by atomic mass is 9.87. The number of carbonyl (C=O) groups is 2. The van der Waals surface area contributed by atoms with Gasteiger partial charge in [-0.25, -0.2) is 4.98 Å². The van der Waals surface area contributed by atoms with Crippen molar-refractivity contribution in [2.45, 2.75) is 64.3 Å². The SMILES string of the molecule is CCc1cc(Nc2ncc(Br)c(Nc3ccc4nccnc4c3P(C)(C)=O)n2)c(OC)cc1N1CCC(NCCNCCc2ccc(C3CCC(=O)NC3=O)c(C)c2)CC1. The van der Waals surface area contributed by atoms with Crippen LogP contribution < -0.4 is 41.5 Å². The first-order valence-corrected chi connectivity index (χ1v) is 24.0. The molecule has 60 heavy (non-hydrogen) atoms. The molecular formula is C44H54BrN10O4P. The van der Waals surface area contributed by atoms with E-state index in [2.05, 4.69) is 99.6 Å². The number of hydrogen-bond acceptors (Lipinski definition) is 13. The largest absolute Gasteiger partial charge is 0.494 e. The van der Waals surface area contributed by atoms with Crippen LogP contribution in [-0.4, -0.2) is 91.0 Å². The second-order valence-corrected chi connectivity index (χ2v) is 19.8. The summed E-state index contributed by atoms with van der Waals surface area (Å²) in [6, 6.07) is 14.7. The smallest absolute Gasteiger partial charge is 0.234 e. The molecule has 2 saturated heterocycles. The van der Waals surface area contributed by atoms with Crippen molar-refractivity contribution in [2.75, 3.05) is 68.7 Å². The number of benzene rings is 3. The quantitative estimate of drug-likeness (QED) is 0.0402. The average Bonchev–Trinajstić information content (AvgIpc) is 3.23. The summed E-state index contributed by atoms with van der Waals surface area (Å²) in [6.07, 6.45) is 9.72. The lowest BCUT2D eigenvalue weighted by molar-refractivity contribution is -0.134. The van der Waals surface area contributed by atoms with E-state index in [1.165, 1.54) is 16.8 Å². The van der Waals surface area contributed by atoms with E-state index in [-0.39, 0.29) is 17.7 Å². The second kappa shape index (κ2) is 19.2. The molecule has 2 fully saturated rings. The summed E-state index contributed by atoms with van der Waals surface area (Å²) in [6.45, 7) is 12.2. The first kappa shape index (κ1) is 43.1. The second-order valence-electron chi connectivity index (χ2n) is 15.8. The topological polar surface area (TPSA) is 175 Å². The maximum absolute atomic E-state index is 13.5. The normalized spacial score (nSPS) is 16.2. The molecule has 2 aromatic heterocycles. The molecule has 0 saturated carbocycles. The van der Waals surface area contributed by atoms with Crippen LogP contribution in [0.1, 0.15) is 60.8 Å². The first-order valence-electron chi connectivity index (χ1n) is 20.6. The number of imide groups is 1. The number of nitrogens with zero attached hydrogens (tertiary/aromatic N) is 5. The number of fused-ring (bicyclic) bond motifs is 1. The van der Waals surface area contributed by atoms with Crippen molar-refractivity contribution in [3.05, 3.63) is 87.8 Å². The average molecular weight is 898 g/mol. The molecular weight excluding hydrogens is 843 g/mol. The molecule has 14 nitrogen and oxygen atoms in total. The van der Waals surface area contributed by atoms with Crippen LogP contribution in [0.5, 0.6) is 5.75 Å². The van der Waals surface area contributed by atoms with Crippen LogP contribution in [0.25, 0.3) is 11.0 Å². The van der Waals surface area contributed by atoms with Crippen molar-refractivity contribution < 1.29 is 18.9 Å². The van der Waals surface area contributed by atoms with Crippen molar-refractivity contribution in [1.82, 2.24) is 35.9 Å². The number of amides is 2. The maximum atomic E-state index is 13.5. The zero-order valence-electron chi connectivity index (χ0n) is 34.9. The molecule has 1 atom stereocenters. The van der Waals surface area contributed by atoms with Gasteiger partial charge in [0.05, 0.1) is 39.7 Å². The van der Waals surface area contributed by atoms with Gasteiger partial charge in [0, 0.05) is 69.0 Å². The van der Waals surface area contributed by atoms with Crippen molar-refractivity contribution in [2.24, 2.45) is 0 Å². The van der Waals surface area contributed by atoms with E-state index >= 15 is 0 Å². The van der Waals surface area contributed by atoms with Gasteiger partial charge in [-0.1, -0.05) is 25.1 Å². The minimum absolute atomic E-state index is 0.184. The Kier molecular flexibility index (Phi) is 13.8. The van der Waals surface area contributed by atoms with Crippen LogP contribution in [-0.2, 0) is 27.0 Å². The van der Waals surface area contributed by atoms with E-state index in [9.17, 15) is 14.2 Å². The minimum atomic E-state index is -2.77. The molecule has 316 valence electrons. The van der Waals surface area contributed by atoms with E-state index in [0.29, 0.717) is 62.9 Å². The van der Waals surface area contributed by atoms with Gasteiger partial charge in [0.2, 0.25) is 17.8 Å². The number of hydrogen-bond donors (Lipinski definition) is 5. The van der Waals surface area contributed by atoms with Gasteiger partial charge in [0.25, 0.3) is 0 Å². The molecule has 3 aromatic carbocycles. The molecule has 5 aromatic rings. The number of rotatable bonds is 16.